The Morgan fingerprint density at radius 2 is 1.66 bits per heavy atom. The minimum absolute atomic E-state index is 0.0377. The average molecular weight is 542 g/mol. The highest BCUT2D eigenvalue weighted by atomic mass is 32.2. The average Bonchev–Trinajstić information content (AvgIpc) is 2.94. The first-order chi connectivity index (χ1) is 18.3. The Kier molecular flexibility index (Phi) is 9.66. The lowest BCUT2D eigenvalue weighted by atomic mass is 10.2. The fraction of sp³-hybridized carbons (Fsp3) is 0.192. The standard InChI is InChI=1S/C26H27N3O8S/c1-34-20-11-13-22(14-12-20)38(32,33)29(23-9-4-5-10-24(23)35-2)17-25(30)28-27-16-19-7-6-8-21(15-19)37-18-26(31)36-3/h4-16H,17-18H2,1-3H3,(H,28,30)/b27-16-. The van der Waals surface area contributed by atoms with Gasteiger partial charge in [-0.15, -0.1) is 0 Å². The number of carbonyl (C=O) groups is 2. The highest BCUT2D eigenvalue weighted by Crippen LogP contribution is 2.32. The third-order valence-corrected chi connectivity index (χ3v) is 6.91. The summed E-state index contributed by atoms with van der Waals surface area (Å²) < 4.78 is 48.4. The second kappa shape index (κ2) is 13.1. The molecule has 200 valence electrons. The number of hydrogen-bond acceptors (Lipinski definition) is 9. The molecule has 0 fully saturated rings. The molecular formula is C26H27N3O8S. The SMILES string of the molecule is COC(=O)COc1cccc(/C=N\NC(=O)CN(c2ccccc2OC)S(=O)(=O)c2ccc(OC)cc2)c1. The van der Waals surface area contributed by atoms with E-state index in [4.69, 9.17) is 14.2 Å². The van der Waals surface area contributed by atoms with E-state index >= 15 is 0 Å². The fourth-order valence-corrected chi connectivity index (χ4v) is 4.67. The number of rotatable bonds is 12. The molecule has 0 saturated carbocycles. The molecule has 1 amide bonds. The summed E-state index contributed by atoms with van der Waals surface area (Å²) in [7, 11) is -0.0353. The molecule has 38 heavy (non-hydrogen) atoms. The molecule has 3 aromatic carbocycles. The van der Waals surface area contributed by atoms with Crippen LogP contribution in [0.1, 0.15) is 5.56 Å². The van der Waals surface area contributed by atoms with Crippen molar-refractivity contribution in [1.29, 1.82) is 0 Å². The summed E-state index contributed by atoms with van der Waals surface area (Å²) in [5, 5.41) is 3.92. The molecule has 0 bridgehead atoms. The van der Waals surface area contributed by atoms with Gasteiger partial charge in [0.1, 0.15) is 23.8 Å². The van der Waals surface area contributed by atoms with Gasteiger partial charge in [0, 0.05) is 0 Å². The summed E-state index contributed by atoms with van der Waals surface area (Å²) in [4.78, 5) is 24.0. The first kappa shape index (κ1) is 28.0. The second-order valence-electron chi connectivity index (χ2n) is 7.59. The molecule has 0 spiro atoms. The number of benzene rings is 3. The van der Waals surface area contributed by atoms with E-state index in [-0.39, 0.29) is 22.9 Å². The van der Waals surface area contributed by atoms with E-state index in [1.807, 2.05) is 0 Å². The number of sulfonamides is 1. The van der Waals surface area contributed by atoms with Crippen molar-refractivity contribution in [3.8, 4) is 17.2 Å². The minimum Gasteiger partial charge on any atom is -0.497 e. The first-order valence-electron chi connectivity index (χ1n) is 11.2. The normalized spacial score (nSPS) is 11.0. The Labute approximate surface area is 220 Å². The van der Waals surface area contributed by atoms with Crippen molar-refractivity contribution in [1.82, 2.24) is 5.43 Å². The second-order valence-corrected chi connectivity index (χ2v) is 9.45. The van der Waals surface area contributed by atoms with E-state index in [1.165, 1.54) is 57.9 Å². The molecule has 12 heteroatoms. The first-order valence-corrected chi connectivity index (χ1v) is 12.6. The minimum atomic E-state index is -4.17. The Morgan fingerprint density at radius 3 is 2.34 bits per heavy atom. The van der Waals surface area contributed by atoms with E-state index < -0.39 is 28.4 Å². The van der Waals surface area contributed by atoms with Crippen molar-refractivity contribution in [2.24, 2.45) is 5.10 Å². The molecule has 0 aliphatic heterocycles. The molecule has 0 aromatic heterocycles. The summed E-state index contributed by atoms with van der Waals surface area (Å²) in [6, 6.07) is 18.9. The van der Waals surface area contributed by atoms with Crippen molar-refractivity contribution in [2.75, 3.05) is 38.8 Å². The zero-order valence-electron chi connectivity index (χ0n) is 21.0. The molecule has 0 aliphatic rings. The van der Waals surface area contributed by atoms with Crippen LogP contribution in [0.5, 0.6) is 17.2 Å². The van der Waals surface area contributed by atoms with Crippen LogP contribution in [0.4, 0.5) is 5.69 Å². The third-order valence-electron chi connectivity index (χ3n) is 5.13. The van der Waals surface area contributed by atoms with E-state index in [2.05, 4.69) is 15.3 Å². The lowest BCUT2D eigenvalue weighted by Crippen LogP contribution is -2.39. The van der Waals surface area contributed by atoms with Crippen LogP contribution in [0, 0.1) is 0 Å². The summed E-state index contributed by atoms with van der Waals surface area (Å²) in [6.07, 6.45) is 1.36. The van der Waals surface area contributed by atoms with E-state index in [1.54, 1.807) is 42.5 Å². The van der Waals surface area contributed by atoms with Crippen molar-refractivity contribution in [2.45, 2.75) is 4.90 Å². The number of esters is 1. The highest BCUT2D eigenvalue weighted by molar-refractivity contribution is 7.92. The van der Waals surface area contributed by atoms with Crippen molar-refractivity contribution in [3.63, 3.8) is 0 Å². The zero-order valence-corrected chi connectivity index (χ0v) is 21.8. The molecular weight excluding hydrogens is 514 g/mol. The smallest absolute Gasteiger partial charge is 0.343 e. The van der Waals surface area contributed by atoms with Crippen LogP contribution < -0.4 is 23.9 Å². The lowest BCUT2D eigenvalue weighted by Gasteiger charge is -2.25. The lowest BCUT2D eigenvalue weighted by molar-refractivity contribution is -0.142. The van der Waals surface area contributed by atoms with Crippen molar-refractivity contribution >= 4 is 33.8 Å². The number of nitrogens with zero attached hydrogens (tertiary/aromatic N) is 2. The molecule has 0 atom stereocenters. The van der Waals surface area contributed by atoms with Gasteiger partial charge >= 0.3 is 5.97 Å². The fourth-order valence-electron chi connectivity index (χ4n) is 3.24. The topological polar surface area (TPSA) is 133 Å². The molecule has 3 aromatic rings. The van der Waals surface area contributed by atoms with Crippen LogP contribution in [0.2, 0.25) is 0 Å². The summed E-state index contributed by atoms with van der Waals surface area (Å²) in [6.45, 7) is -0.830. The Morgan fingerprint density at radius 1 is 0.921 bits per heavy atom. The van der Waals surface area contributed by atoms with E-state index in [9.17, 15) is 18.0 Å². The largest absolute Gasteiger partial charge is 0.497 e. The van der Waals surface area contributed by atoms with Gasteiger partial charge in [-0.1, -0.05) is 24.3 Å². The quantitative estimate of drug-likeness (QED) is 0.210. The number of ether oxygens (including phenoxy) is 4. The summed E-state index contributed by atoms with van der Waals surface area (Å²) in [5.74, 6) is -0.0641. The van der Waals surface area contributed by atoms with Gasteiger partial charge in [-0.05, 0) is 54.1 Å². The molecule has 11 nitrogen and oxygen atoms in total. The molecule has 0 saturated heterocycles. The molecule has 3 rings (SSSR count). The number of para-hydroxylation sites is 2. The van der Waals surface area contributed by atoms with Gasteiger partial charge in [-0.25, -0.2) is 18.6 Å². The molecule has 0 radical (unpaired) electrons. The summed E-state index contributed by atoms with van der Waals surface area (Å²) in [5.41, 5.74) is 3.09. The zero-order chi connectivity index (χ0) is 27.5. The van der Waals surface area contributed by atoms with Crippen LogP contribution in [0.3, 0.4) is 0 Å². The van der Waals surface area contributed by atoms with Crippen LogP contribution in [-0.4, -0.2) is 61.0 Å². The number of nitrogens with one attached hydrogen (secondary N) is 1. The number of carbonyl (C=O) groups excluding carboxylic acids is 2. The highest BCUT2D eigenvalue weighted by Gasteiger charge is 2.29. The molecule has 0 aliphatic carbocycles. The summed E-state index contributed by atoms with van der Waals surface area (Å²) >= 11 is 0. The van der Waals surface area contributed by atoms with Crippen LogP contribution in [-0.2, 0) is 24.3 Å². The van der Waals surface area contributed by atoms with Crippen LogP contribution in [0.25, 0.3) is 0 Å². The van der Waals surface area contributed by atoms with Gasteiger partial charge in [0.2, 0.25) is 0 Å². The number of anilines is 1. The van der Waals surface area contributed by atoms with Gasteiger partial charge in [-0.2, -0.15) is 5.10 Å². The van der Waals surface area contributed by atoms with Crippen molar-refractivity contribution < 1.29 is 37.0 Å². The van der Waals surface area contributed by atoms with Gasteiger partial charge < -0.3 is 18.9 Å². The maximum atomic E-state index is 13.6. The Hall–Kier alpha value is -4.58. The van der Waals surface area contributed by atoms with E-state index in [0.29, 0.717) is 17.1 Å². The number of amides is 1. The molecule has 1 N–H and O–H groups in total. The Bertz CT molecular complexity index is 1390. The van der Waals surface area contributed by atoms with Crippen molar-refractivity contribution in [3.05, 3.63) is 78.4 Å². The maximum absolute atomic E-state index is 13.6. The van der Waals surface area contributed by atoms with Gasteiger partial charge in [0.15, 0.2) is 6.61 Å². The number of methoxy groups -OCH3 is 3. The maximum Gasteiger partial charge on any atom is 0.343 e. The third kappa shape index (κ3) is 7.23. The Balaban J connectivity index is 1.79. The van der Waals surface area contributed by atoms with Gasteiger partial charge in [0.05, 0.1) is 38.1 Å². The van der Waals surface area contributed by atoms with Gasteiger partial charge in [-0.3, -0.25) is 9.10 Å². The van der Waals surface area contributed by atoms with Crippen LogP contribution in [0.15, 0.2) is 82.8 Å². The molecule has 0 heterocycles. The number of hydrogen-bond donors (Lipinski definition) is 1. The predicted octanol–water partition coefficient (Wildman–Crippen LogP) is 2.60. The van der Waals surface area contributed by atoms with E-state index in [0.717, 1.165) is 4.31 Å². The van der Waals surface area contributed by atoms with Gasteiger partial charge in [0.25, 0.3) is 15.9 Å². The monoisotopic (exact) mass is 541 g/mol. The molecule has 0 unspecified atom stereocenters. The number of hydrazone groups is 1. The predicted molar refractivity (Wildman–Crippen MR) is 140 cm³/mol. The van der Waals surface area contributed by atoms with Crippen LogP contribution >= 0.6 is 0 Å².